The molecule has 0 bridgehead atoms. The molecule has 3 N–H and O–H groups in total. The molecule has 0 amide bonds. The van der Waals surface area contributed by atoms with Crippen LogP contribution in [0.1, 0.15) is 22.8 Å². The fraction of sp³-hybridized carbons (Fsp3) is 0.588. The van der Waals surface area contributed by atoms with Gasteiger partial charge in [-0.1, -0.05) is 0 Å². The van der Waals surface area contributed by atoms with Crippen LogP contribution in [0.2, 0.25) is 0 Å². The predicted octanol–water partition coefficient (Wildman–Crippen LogP) is 1.18. The summed E-state index contributed by atoms with van der Waals surface area (Å²) in [6.07, 6.45) is -5.06. The average molecular weight is 498 g/mol. The van der Waals surface area contributed by atoms with Crippen LogP contribution in [0.3, 0.4) is 0 Å². The monoisotopic (exact) mass is 498 g/mol. The number of carboxylic acid groups (broad SMARTS) is 1. The quantitative estimate of drug-likeness (QED) is 0.496. The average Bonchev–Trinajstić information content (AvgIpc) is 2.63. The van der Waals surface area contributed by atoms with E-state index in [1.165, 1.54) is 21.3 Å². The van der Waals surface area contributed by atoms with Crippen molar-refractivity contribution in [1.29, 1.82) is 0 Å². The second-order valence-corrected chi connectivity index (χ2v) is 7.10. The Hall–Kier alpha value is -1.34. The van der Waals surface area contributed by atoms with Gasteiger partial charge in [-0.25, -0.2) is 4.79 Å². The number of benzene rings is 1. The molecule has 2 rings (SSSR count). The van der Waals surface area contributed by atoms with Gasteiger partial charge in [0.1, 0.15) is 23.9 Å². The molecule has 1 aliphatic rings. The lowest BCUT2D eigenvalue weighted by molar-refractivity contribution is -0.273. The zero-order chi connectivity index (χ0) is 20.5. The highest BCUT2D eigenvalue weighted by Gasteiger charge is 2.45. The van der Waals surface area contributed by atoms with E-state index in [4.69, 9.17) is 23.7 Å². The number of carboxylic acids is 1. The second-order valence-electron chi connectivity index (χ2n) is 6.02. The Bertz CT molecular complexity index is 708. The second kappa shape index (κ2) is 8.78. The lowest BCUT2D eigenvalue weighted by Crippen LogP contribution is -2.59. The highest BCUT2D eigenvalue weighted by Crippen LogP contribution is 2.46. The Labute approximate surface area is 170 Å². The van der Waals surface area contributed by atoms with Gasteiger partial charge in [0.25, 0.3) is 0 Å². The van der Waals surface area contributed by atoms with Gasteiger partial charge < -0.3 is 39.0 Å². The molecule has 1 aromatic rings. The summed E-state index contributed by atoms with van der Waals surface area (Å²) in [6, 6.07) is 0. The Morgan fingerprint density at radius 3 is 2.15 bits per heavy atom. The molecule has 0 unspecified atom stereocenters. The summed E-state index contributed by atoms with van der Waals surface area (Å²) in [5, 5.41) is 30.1. The largest absolute Gasteiger partial charge is 0.492 e. The van der Waals surface area contributed by atoms with Gasteiger partial charge in [0, 0.05) is 7.11 Å². The number of ether oxygens (including phenoxy) is 5. The maximum atomic E-state index is 11.6. The Morgan fingerprint density at radius 2 is 1.67 bits per heavy atom. The minimum absolute atomic E-state index is 0.000380. The Morgan fingerprint density at radius 1 is 1.07 bits per heavy atom. The van der Waals surface area contributed by atoms with Gasteiger partial charge in [-0.2, -0.15) is 0 Å². The molecule has 27 heavy (non-hydrogen) atoms. The normalized spacial score (nSPS) is 27.9. The molecule has 0 aromatic heterocycles. The fourth-order valence-electron chi connectivity index (χ4n) is 3.00. The lowest BCUT2D eigenvalue weighted by Gasteiger charge is -2.40. The van der Waals surface area contributed by atoms with Crippen LogP contribution in [0.25, 0.3) is 0 Å². The van der Waals surface area contributed by atoms with Gasteiger partial charge in [0.15, 0.2) is 11.5 Å². The highest BCUT2D eigenvalue weighted by atomic mass is 127. The molecule has 1 fully saturated rings. The van der Waals surface area contributed by atoms with Crippen molar-refractivity contribution in [3.05, 3.63) is 14.7 Å². The van der Waals surface area contributed by atoms with Crippen LogP contribution < -0.4 is 14.2 Å². The van der Waals surface area contributed by atoms with Crippen molar-refractivity contribution in [2.45, 2.75) is 44.6 Å². The van der Waals surface area contributed by atoms with Crippen LogP contribution in [0.4, 0.5) is 0 Å². The van der Waals surface area contributed by atoms with E-state index in [2.05, 4.69) is 0 Å². The van der Waals surface area contributed by atoms with Gasteiger partial charge in [0.2, 0.25) is 12.0 Å². The number of aliphatic hydroxyl groups excluding tert-OH is 2. The summed E-state index contributed by atoms with van der Waals surface area (Å²) in [5.41, 5.74) is 0.368. The Kier molecular flexibility index (Phi) is 7.14. The van der Waals surface area contributed by atoms with Crippen LogP contribution in [-0.4, -0.2) is 73.3 Å². The van der Waals surface area contributed by atoms with E-state index < -0.39 is 36.7 Å². The van der Waals surface area contributed by atoms with Crippen molar-refractivity contribution >= 4 is 28.6 Å². The van der Waals surface area contributed by atoms with E-state index in [-0.39, 0.29) is 22.8 Å². The van der Waals surface area contributed by atoms with Crippen molar-refractivity contribution < 1.29 is 43.8 Å². The number of aliphatic hydroxyl groups is 2. The molecule has 0 saturated carbocycles. The van der Waals surface area contributed by atoms with E-state index in [1.807, 2.05) is 22.6 Å². The number of aromatic carboxylic acids is 1. The summed E-state index contributed by atoms with van der Waals surface area (Å²) >= 11 is 1.93. The summed E-state index contributed by atoms with van der Waals surface area (Å²) < 4.78 is 27.6. The zero-order valence-corrected chi connectivity index (χ0v) is 17.7. The number of methoxy groups -OCH3 is 3. The van der Waals surface area contributed by atoms with Crippen molar-refractivity contribution in [2.75, 3.05) is 21.3 Å². The summed E-state index contributed by atoms with van der Waals surface area (Å²) in [5.74, 6) is -0.940. The van der Waals surface area contributed by atoms with E-state index in [1.54, 1.807) is 13.8 Å². The third-order valence-electron chi connectivity index (χ3n) is 4.45. The van der Waals surface area contributed by atoms with E-state index in [9.17, 15) is 20.1 Å². The van der Waals surface area contributed by atoms with Gasteiger partial charge in [-0.3, -0.25) is 0 Å². The third kappa shape index (κ3) is 3.94. The predicted molar refractivity (Wildman–Crippen MR) is 102 cm³/mol. The van der Waals surface area contributed by atoms with Crippen LogP contribution in [-0.2, 0) is 9.47 Å². The van der Waals surface area contributed by atoms with E-state index >= 15 is 0 Å². The maximum absolute atomic E-state index is 11.6. The zero-order valence-electron chi connectivity index (χ0n) is 15.6. The van der Waals surface area contributed by atoms with Gasteiger partial charge in [-0.05, 0) is 42.0 Å². The standard InChI is InChI=1S/C17H23IO9/c1-6-8(16(21)22)12(23-3)15(25-5)13(9(6)18)27-17-11(20)14(24-4)10(19)7(2)26-17/h7,10-11,14,17,19-20H,1-5H3,(H,21,22)/t7-,10-,11+,14+,17-/m0/s1. The molecule has 1 aromatic carbocycles. The topological polar surface area (TPSA) is 124 Å². The molecule has 1 saturated heterocycles. The first-order valence-corrected chi connectivity index (χ1v) is 9.15. The first-order valence-electron chi connectivity index (χ1n) is 8.07. The van der Waals surface area contributed by atoms with E-state index in [0.717, 1.165) is 0 Å². The van der Waals surface area contributed by atoms with Gasteiger partial charge >= 0.3 is 5.97 Å². The van der Waals surface area contributed by atoms with Crippen molar-refractivity contribution in [1.82, 2.24) is 0 Å². The molecule has 1 heterocycles. The van der Waals surface area contributed by atoms with Crippen LogP contribution in [0.15, 0.2) is 0 Å². The molecular weight excluding hydrogens is 475 g/mol. The first-order chi connectivity index (χ1) is 12.7. The fourth-order valence-corrected chi connectivity index (χ4v) is 3.64. The molecular formula is C17H23IO9. The molecule has 0 aliphatic carbocycles. The van der Waals surface area contributed by atoms with Crippen LogP contribution in [0.5, 0.6) is 17.2 Å². The number of halogens is 1. The number of rotatable bonds is 6. The highest BCUT2D eigenvalue weighted by molar-refractivity contribution is 14.1. The molecule has 0 spiro atoms. The van der Waals surface area contributed by atoms with Gasteiger partial charge in [0.05, 0.1) is 23.9 Å². The molecule has 10 heteroatoms. The summed E-state index contributed by atoms with van der Waals surface area (Å²) in [7, 11) is 4.04. The molecule has 152 valence electrons. The van der Waals surface area contributed by atoms with Crippen molar-refractivity contribution in [2.24, 2.45) is 0 Å². The number of hydrogen-bond donors (Lipinski definition) is 3. The minimum Gasteiger partial charge on any atom is -0.492 e. The molecule has 1 aliphatic heterocycles. The van der Waals surface area contributed by atoms with Crippen molar-refractivity contribution in [3.63, 3.8) is 0 Å². The summed E-state index contributed by atoms with van der Waals surface area (Å²) in [4.78, 5) is 11.6. The minimum atomic E-state index is -1.29. The Balaban J connectivity index is 2.53. The first kappa shape index (κ1) is 22.0. The maximum Gasteiger partial charge on any atom is 0.339 e. The van der Waals surface area contributed by atoms with Crippen LogP contribution >= 0.6 is 22.6 Å². The molecule has 0 radical (unpaired) electrons. The van der Waals surface area contributed by atoms with E-state index in [0.29, 0.717) is 9.13 Å². The molecule has 5 atom stereocenters. The summed E-state index contributed by atoms with van der Waals surface area (Å²) in [6.45, 7) is 3.24. The lowest BCUT2D eigenvalue weighted by atomic mass is 9.99. The number of hydrogen-bond acceptors (Lipinski definition) is 8. The third-order valence-corrected chi connectivity index (χ3v) is 5.75. The number of carbonyl (C=O) groups is 1. The van der Waals surface area contributed by atoms with Crippen LogP contribution in [0, 0.1) is 10.5 Å². The smallest absolute Gasteiger partial charge is 0.339 e. The molecule has 9 nitrogen and oxygen atoms in total. The van der Waals surface area contributed by atoms with Gasteiger partial charge in [-0.15, -0.1) is 0 Å². The van der Waals surface area contributed by atoms with Crippen molar-refractivity contribution in [3.8, 4) is 17.2 Å². The SMILES string of the molecule is COc1c(O[C@@H]2O[C@@H](C)[C@H](O)[C@@H](OC)[C@H]2O)c(I)c(C)c(C(=O)O)c1OC.